The van der Waals surface area contributed by atoms with Gasteiger partial charge in [0.05, 0.1) is 21.4 Å². The standard InChI is InChI=1S/C28H19FN4O3S/c29-23-12-15-25-26(17-23)37-28(31-25)32(30-18-21-8-13-24(14-9-21)33(35)36)27(34)22-10-6-20(7-11-22)16-19-4-2-1-3-5-19/h1-15,17-18H,16H2/b30-18+. The monoisotopic (exact) mass is 510 g/mol. The van der Waals surface area contributed by atoms with Crippen LogP contribution in [0.25, 0.3) is 10.2 Å². The number of carbonyl (C=O) groups is 1. The average molecular weight is 511 g/mol. The number of carbonyl (C=O) groups excluding carboxylic acids is 1. The summed E-state index contributed by atoms with van der Waals surface area (Å²) in [7, 11) is 0. The maximum Gasteiger partial charge on any atom is 0.280 e. The van der Waals surface area contributed by atoms with E-state index in [0.717, 1.165) is 33.9 Å². The minimum absolute atomic E-state index is 0.0473. The number of non-ortho nitro benzene ring substituents is 1. The number of rotatable bonds is 7. The third-order valence-corrected chi connectivity index (χ3v) is 6.58. The van der Waals surface area contributed by atoms with E-state index < -0.39 is 16.6 Å². The van der Waals surface area contributed by atoms with Crippen LogP contribution in [0.1, 0.15) is 27.0 Å². The van der Waals surface area contributed by atoms with Crippen molar-refractivity contribution in [2.45, 2.75) is 6.42 Å². The van der Waals surface area contributed by atoms with Crippen molar-refractivity contribution < 1.29 is 14.1 Å². The van der Waals surface area contributed by atoms with E-state index in [-0.39, 0.29) is 10.8 Å². The Kier molecular flexibility index (Phi) is 6.78. The Morgan fingerprint density at radius 2 is 1.68 bits per heavy atom. The number of anilines is 1. The molecule has 0 aliphatic heterocycles. The van der Waals surface area contributed by atoms with Gasteiger partial charge in [0.1, 0.15) is 5.82 Å². The van der Waals surface area contributed by atoms with Gasteiger partial charge in [-0.05, 0) is 65.6 Å². The molecule has 0 bridgehead atoms. The number of hydrogen-bond acceptors (Lipinski definition) is 6. The van der Waals surface area contributed by atoms with Crippen molar-refractivity contribution in [2.75, 3.05) is 5.01 Å². The summed E-state index contributed by atoms with van der Waals surface area (Å²) in [6.45, 7) is 0. The molecule has 0 aliphatic rings. The maximum atomic E-state index is 13.7. The largest absolute Gasteiger partial charge is 0.280 e. The smallest absolute Gasteiger partial charge is 0.267 e. The molecule has 4 aromatic carbocycles. The lowest BCUT2D eigenvalue weighted by atomic mass is 10.0. The van der Waals surface area contributed by atoms with Crippen LogP contribution in [-0.2, 0) is 6.42 Å². The van der Waals surface area contributed by atoms with Gasteiger partial charge in [0.25, 0.3) is 11.6 Å². The molecule has 1 aromatic heterocycles. The Labute approximate surface area is 215 Å². The quantitative estimate of drug-likeness (QED) is 0.140. The lowest BCUT2D eigenvalue weighted by Crippen LogP contribution is -2.25. The lowest BCUT2D eigenvalue weighted by Gasteiger charge is -2.14. The first kappa shape index (κ1) is 24.0. The van der Waals surface area contributed by atoms with Crippen LogP contribution in [0.4, 0.5) is 15.2 Å². The Bertz CT molecular complexity index is 1600. The Morgan fingerprint density at radius 1 is 0.973 bits per heavy atom. The van der Waals surface area contributed by atoms with Crippen LogP contribution in [0.5, 0.6) is 0 Å². The third kappa shape index (κ3) is 5.57. The Balaban J connectivity index is 1.45. The summed E-state index contributed by atoms with van der Waals surface area (Å²) in [5.41, 5.74) is 3.69. The van der Waals surface area contributed by atoms with E-state index in [4.69, 9.17) is 0 Å². The Morgan fingerprint density at radius 3 is 2.38 bits per heavy atom. The van der Waals surface area contributed by atoms with Gasteiger partial charge in [-0.15, -0.1) is 0 Å². The van der Waals surface area contributed by atoms with E-state index >= 15 is 0 Å². The minimum Gasteiger partial charge on any atom is -0.267 e. The number of halogens is 1. The third-order valence-electron chi connectivity index (χ3n) is 5.59. The molecule has 0 fully saturated rings. The molecular formula is C28H19FN4O3S. The van der Waals surface area contributed by atoms with Gasteiger partial charge in [-0.2, -0.15) is 10.1 Å². The number of hydrogen-bond donors (Lipinski definition) is 0. The maximum absolute atomic E-state index is 13.7. The highest BCUT2D eigenvalue weighted by molar-refractivity contribution is 7.22. The van der Waals surface area contributed by atoms with Crippen LogP contribution in [0.3, 0.4) is 0 Å². The number of amides is 1. The highest BCUT2D eigenvalue weighted by atomic mass is 32.1. The van der Waals surface area contributed by atoms with Crippen molar-refractivity contribution in [3.05, 3.63) is 135 Å². The predicted octanol–water partition coefficient (Wildman–Crippen LogP) is 6.62. The molecule has 1 heterocycles. The fourth-order valence-electron chi connectivity index (χ4n) is 3.69. The fraction of sp³-hybridized carbons (Fsp3) is 0.0357. The number of thiazole rings is 1. The number of benzene rings is 4. The van der Waals surface area contributed by atoms with Crippen molar-refractivity contribution in [3.63, 3.8) is 0 Å². The van der Waals surface area contributed by atoms with Gasteiger partial charge in [0.2, 0.25) is 5.13 Å². The molecule has 0 saturated heterocycles. The van der Waals surface area contributed by atoms with E-state index in [0.29, 0.717) is 21.3 Å². The van der Waals surface area contributed by atoms with Crippen molar-refractivity contribution >= 4 is 44.5 Å². The summed E-state index contributed by atoms with van der Waals surface area (Å²) < 4.78 is 14.3. The molecule has 7 nitrogen and oxygen atoms in total. The molecule has 37 heavy (non-hydrogen) atoms. The lowest BCUT2D eigenvalue weighted by molar-refractivity contribution is -0.384. The molecule has 0 spiro atoms. The summed E-state index contributed by atoms with van der Waals surface area (Å²) >= 11 is 1.14. The van der Waals surface area contributed by atoms with Gasteiger partial charge < -0.3 is 0 Å². The van der Waals surface area contributed by atoms with Crippen LogP contribution in [0.2, 0.25) is 0 Å². The number of nitrogens with zero attached hydrogens (tertiary/aromatic N) is 4. The zero-order valence-electron chi connectivity index (χ0n) is 19.3. The summed E-state index contributed by atoms with van der Waals surface area (Å²) in [5.74, 6) is -0.812. The summed E-state index contributed by atoms with van der Waals surface area (Å²) in [6, 6.07) is 27.3. The van der Waals surface area contributed by atoms with E-state index in [9.17, 15) is 19.3 Å². The molecule has 0 atom stereocenters. The molecule has 5 aromatic rings. The van der Waals surface area contributed by atoms with Crippen LogP contribution in [-0.4, -0.2) is 22.0 Å². The highest BCUT2D eigenvalue weighted by Gasteiger charge is 2.21. The topological polar surface area (TPSA) is 88.7 Å². The van der Waals surface area contributed by atoms with Crippen molar-refractivity contribution in [1.82, 2.24) is 4.98 Å². The summed E-state index contributed by atoms with van der Waals surface area (Å²) in [6.07, 6.45) is 2.17. The second kappa shape index (κ2) is 10.5. The van der Waals surface area contributed by atoms with Crippen molar-refractivity contribution in [1.29, 1.82) is 0 Å². The first-order valence-corrected chi connectivity index (χ1v) is 12.1. The minimum atomic E-state index is -0.488. The van der Waals surface area contributed by atoms with Crippen molar-refractivity contribution in [2.24, 2.45) is 5.10 Å². The zero-order valence-corrected chi connectivity index (χ0v) is 20.1. The first-order valence-electron chi connectivity index (χ1n) is 11.3. The number of fused-ring (bicyclic) bond motifs is 1. The molecule has 0 radical (unpaired) electrons. The average Bonchev–Trinajstić information content (AvgIpc) is 3.33. The summed E-state index contributed by atoms with van der Waals surface area (Å²) in [4.78, 5) is 28.5. The van der Waals surface area contributed by atoms with Gasteiger partial charge in [-0.25, -0.2) is 9.37 Å². The van der Waals surface area contributed by atoms with Gasteiger partial charge in [0.15, 0.2) is 0 Å². The Hall–Kier alpha value is -4.76. The van der Waals surface area contributed by atoms with E-state index in [1.165, 1.54) is 42.6 Å². The molecule has 0 saturated carbocycles. The highest BCUT2D eigenvalue weighted by Crippen LogP contribution is 2.30. The predicted molar refractivity (Wildman–Crippen MR) is 143 cm³/mol. The normalized spacial score (nSPS) is 11.2. The van der Waals surface area contributed by atoms with Gasteiger partial charge in [0, 0.05) is 17.7 Å². The zero-order chi connectivity index (χ0) is 25.8. The van der Waals surface area contributed by atoms with Crippen LogP contribution >= 0.6 is 11.3 Å². The molecule has 9 heteroatoms. The second-order valence-electron chi connectivity index (χ2n) is 8.18. The fourth-order valence-corrected chi connectivity index (χ4v) is 4.64. The van der Waals surface area contributed by atoms with E-state index in [1.807, 2.05) is 42.5 Å². The molecule has 0 aliphatic carbocycles. The number of nitro benzene ring substituents is 1. The SMILES string of the molecule is O=C(c1ccc(Cc2ccccc2)cc1)N(/N=C/c1ccc([N+](=O)[O-])cc1)c1nc2ccc(F)cc2s1. The van der Waals surface area contributed by atoms with Crippen LogP contribution in [0.15, 0.2) is 102 Å². The first-order chi connectivity index (χ1) is 18.0. The van der Waals surface area contributed by atoms with E-state index in [2.05, 4.69) is 10.1 Å². The van der Waals surface area contributed by atoms with Crippen LogP contribution < -0.4 is 5.01 Å². The van der Waals surface area contributed by atoms with Gasteiger partial charge in [-0.3, -0.25) is 14.9 Å². The van der Waals surface area contributed by atoms with Crippen LogP contribution in [0, 0.1) is 15.9 Å². The molecule has 0 N–H and O–H groups in total. The number of aromatic nitrogens is 1. The molecule has 1 amide bonds. The van der Waals surface area contributed by atoms with Gasteiger partial charge in [-0.1, -0.05) is 53.8 Å². The summed E-state index contributed by atoms with van der Waals surface area (Å²) in [5, 5.41) is 16.7. The van der Waals surface area contributed by atoms with Crippen molar-refractivity contribution in [3.8, 4) is 0 Å². The molecule has 0 unspecified atom stereocenters. The molecule has 182 valence electrons. The number of nitro groups is 1. The second-order valence-corrected chi connectivity index (χ2v) is 9.19. The van der Waals surface area contributed by atoms with E-state index in [1.54, 1.807) is 18.2 Å². The molecular weight excluding hydrogens is 491 g/mol. The molecule has 5 rings (SSSR count). The van der Waals surface area contributed by atoms with Gasteiger partial charge >= 0.3 is 0 Å². The number of hydrazone groups is 1.